The fourth-order valence-corrected chi connectivity index (χ4v) is 2.64. The van der Waals surface area contributed by atoms with E-state index in [0.717, 1.165) is 15.6 Å². The highest BCUT2D eigenvalue weighted by Gasteiger charge is 2.10. The Balaban J connectivity index is 1.54. The van der Waals surface area contributed by atoms with Gasteiger partial charge >= 0.3 is 5.97 Å². The SMILES string of the molecule is O=C(/C=C/c1ccc(Br)cc1)OCc1nc(-c2ccsc2)no1. The highest BCUT2D eigenvalue weighted by molar-refractivity contribution is 9.10. The third-order valence-corrected chi connectivity index (χ3v) is 4.08. The van der Waals surface area contributed by atoms with Crippen molar-refractivity contribution in [3.63, 3.8) is 0 Å². The molecule has 5 nitrogen and oxygen atoms in total. The van der Waals surface area contributed by atoms with Gasteiger partial charge in [-0.05, 0) is 35.2 Å². The van der Waals surface area contributed by atoms with Crippen molar-refractivity contribution < 1.29 is 14.1 Å². The molecule has 0 saturated heterocycles. The molecule has 0 aliphatic rings. The summed E-state index contributed by atoms with van der Waals surface area (Å²) >= 11 is 4.90. The molecule has 0 atom stereocenters. The fourth-order valence-electron chi connectivity index (χ4n) is 1.74. The molecular weight excluding hydrogens is 380 g/mol. The van der Waals surface area contributed by atoms with Crippen LogP contribution in [0.3, 0.4) is 0 Å². The van der Waals surface area contributed by atoms with E-state index < -0.39 is 5.97 Å². The van der Waals surface area contributed by atoms with Gasteiger partial charge in [0, 0.05) is 21.5 Å². The van der Waals surface area contributed by atoms with Gasteiger partial charge in [-0.1, -0.05) is 33.2 Å². The summed E-state index contributed by atoms with van der Waals surface area (Å²) in [5.41, 5.74) is 1.79. The molecule has 0 saturated carbocycles. The minimum atomic E-state index is -0.469. The Morgan fingerprint density at radius 3 is 2.87 bits per heavy atom. The molecule has 1 aromatic carbocycles. The van der Waals surface area contributed by atoms with Gasteiger partial charge in [-0.15, -0.1) is 0 Å². The Bertz CT molecular complexity index is 810. The van der Waals surface area contributed by atoms with Gasteiger partial charge in [0.1, 0.15) is 0 Å². The van der Waals surface area contributed by atoms with E-state index in [2.05, 4.69) is 26.1 Å². The van der Waals surface area contributed by atoms with Crippen LogP contribution >= 0.6 is 27.3 Å². The highest BCUT2D eigenvalue weighted by Crippen LogP contribution is 2.18. The molecule has 2 aromatic heterocycles. The van der Waals surface area contributed by atoms with Crippen LogP contribution in [0.15, 0.2) is 56.2 Å². The van der Waals surface area contributed by atoms with Gasteiger partial charge in [-0.3, -0.25) is 0 Å². The summed E-state index contributed by atoms with van der Waals surface area (Å²) < 4.78 is 11.1. The number of hydrogen-bond acceptors (Lipinski definition) is 6. The van der Waals surface area contributed by atoms with Gasteiger partial charge in [0.05, 0.1) is 0 Å². The zero-order chi connectivity index (χ0) is 16.1. The van der Waals surface area contributed by atoms with Crippen LogP contribution in [-0.2, 0) is 16.1 Å². The first-order valence-corrected chi connectivity index (χ1v) is 8.40. The summed E-state index contributed by atoms with van der Waals surface area (Å²) in [6.07, 6.45) is 3.04. The first-order valence-electron chi connectivity index (χ1n) is 6.66. The van der Waals surface area contributed by atoms with E-state index in [0.29, 0.717) is 5.82 Å². The number of nitrogens with zero attached hydrogens (tertiary/aromatic N) is 2. The monoisotopic (exact) mass is 390 g/mol. The molecule has 116 valence electrons. The number of esters is 1. The lowest BCUT2D eigenvalue weighted by molar-refractivity contribution is -0.139. The Morgan fingerprint density at radius 1 is 1.30 bits per heavy atom. The molecule has 7 heteroatoms. The van der Waals surface area contributed by atoms with Gasteiger partial charge in [-0.2, -0.15) is 16.3 Å². The molecule has 0 bridgehead atoms. The van der Waals surface area contributed by atoms with Crippen LogP contribution in [0, 0.1) is 0 Å². The number of benzene rings is 1. The van der Waals surface area contributed by atoms with Gasteiger partial charge in [0.25, 0.3) is 5.89 Å². The lowest BCUT2D eigenvalue weighted by Gasteiger charge is -1.97. The van der Waals surface area contributed by atoms with E-state index in [9.17, 15) is 4.79 Å². The van der Waals surface area contributed by atoms with Crippen molar-refractivity contribution in [1.29, 1.82) is 0 Å². The standard InChI is InChI=1S/C16H11BrN2O3S/c17-13-4-1-11(2-5-13)3-6-15(20)21-9-14-18-16(19-22-14)12-7-8-23-10-12/h1-8,10H,9H2/b6-3+. The average Bonchev–Trinajstić information content (AvgIpc) is 3.23. The lowest BCUT2D eigenvalue weighted by Crippen LogP contribution is -2.00. The predicted molar refractivity (Wildman–Crippen MR) is 90.6 cm³/mol. The van der Waals surface area contributed by atoms with Crippen molar-refractivity contribution in [2.24, 2.45) is 0 Å². The molecule has 0 amide bonds. The van der Waals surface area contributed by atoms with Crippen LogP contribution in [0.2, 0.25) is 0 Å². The van der Waals surface area contributed by atoms with Gasteiger partial charge in [0.2, 0.25) is 5.82 Å². The zero-order valence-corrected chi connectivity index (χ0v) is 14.2. The maximum atomic E-state index is 11.7. The number of hydrogen-bond donors (Lipinski definition) is 0. The van der Waals surface area contributed by atoms with Crippen molar-refractivity contribution in [2.45, 2.75) is 6.61 Å². The second-order valence-electron chi connectivity index (χ2n) is 4.52. The molecule has 3 aromatic rings. The summed E-state index contributed by atoms with van der Waals surface area (Å²) in [6, 6.07) is 9.47. The number of aromatic nitrogens is 2. The predicted octanol–water partition coefficient (Wildman–Crippen LogP) is 4.32. The number of carbonyl (C=O) groups excluding carboxylic acids is 1. The maximum absolute atomic E-state index is 11.7. The Labute approximate surface area is 144 Å². The third-order valence-electron chi connectivity index (χ3n) is 2.87. The summed E-state index contributed by atoms with van der Waals surface area (Å²) in [6.45, 7) is -0.0549. The molecule has 0 aliphatic carbocycles. The number of rotatable bonds is 5. The quantitative estimate of drug-likeness (QED) is 0.479. The molecule has 3 rings (SSSR count). The number of ether oxygens (including phenoxy) is 1. The van der Waals surface area contributed by atoms with Crippen LogP contribution in [0.4, 0.5) is 0 Å². The first kappa shape index (κ1) is 15.6. The molecule has 0 unspecified atom stereocenters. The second-order valence-corrected chi connectivity index (χ2v) is 6.21. The summed E-state index contributed by atoms with van der Waals surface area (Å²) in [5, 5.41) is 7.69. The number of halogens is 1. The van der Waals surface area contributed by atoms with Gasteiger partial charge < -0.3 is 9.26 Å². The number of carbonyl (C=O) groups is 1. The fraction of sp³-hybridized carbons (Fsp3) is 0.0625. The van der Waals surface area contributed by atoms with E-state index in [1.165, 1.54) is 6.08 Å². The molecule has 23 heavy (non-hydrogen) atoms. The molecule has 0 aliphatic heterocycles. The minimum Gasteiger partial charge on any atom is -0.452 e. The van der Waals surface area contributed by atoms with Crippen molar-refractivity contribution in [2.75, 3.05) is 0 Å². The van der Waals surface area contributed by atoms with Crippen molar-refractivity contribution in [1.82, 2.24) is 10.1 Å². The van der Waals surface area contributed by atoms with E-state index in [1.54, 1.807) is 17.4 Å². The molecule has 0 radical (unpaired) electrons. The van der Waals surface area contributed by atoms with Crippen LogP contribution < -0.4 is 0 Å². The summed E-state index contributed by atoms with van der Waals surface area (Å²) in [5.74, 6) is 0.280. The van der Waals surface area contributed by atoms with E-state index in [4.69, 9.17) is 9.26 Å². The zero-order valence-electron chi connectivity index (χ0n) is 11.8. The molecule has 2 heterocycles. The molecule has 0 N–H and O–H groups in total. The third kappa shape index (κ3) is 4.37. The average molecular weight is 391 g/mol. The minimum absolute atomic E-state index is 0.0549. The van der Waals surface area contributed by atoms with Crippen LogP contribution in [0.5, 0.6) is 0 Å². The van der Waals surface area contributed by atoms with Crippen molar-refractivity contribution in [3.05, 3.63) is 63.1 Å². The largest absolute Gasteiger partial charge is 0.452 e. The summed E-state index contributed by atoms with van der Waals surface area (Å²) in [7, 11) is 0. The maximum Gasteiger partial charge on any atom is 0.331 e. The molecule has 0 fully saturated rings. The Kier molecular flexibility index (Phi) is 4.99. The van der Waals surface area contributed by atoms with E-state index in [-0.39, 0.29) is 12.5 Å². The first-order chi connectivity index (χ1) is 11.2. The van der Waals surface area contributed by atoms with Crippen molar-refractivity contribution >= 4 is 39.3 Å². The smallest absolute Gasteiger partial charge is 0.331 e. The normalized spacial score (nSPS) is 11.0. The lowest BCUT2D eigenvalue weighted by atomic mass is 10.2. The van der Waals surface area contributed by atoms with Gasteiger partial charge in [0.15, 0.2) is 6.61 Å². The second kappa shape index (κ2) is 7.34. The number of thiophene rings is 1. The van der Waals surface area contributed by atoms with Crippen molar-refractivity contribution in [3.8, 4) is 11.4 Å². The Hall–Kier alpha value is -2.25. The van der Waals surface area contributed by atoms with Gasteiger partial charge in [-0.25, -0.2) is 4.79 Å². The highest BCUT2D eigenvalue weighted by atomic mass is 79.9. The summed E-state index contributed by atoms with van der Waals surface area (Å²) in [4.78, 5) is 15.9. The van der Waals surface area contributed by atoms with E-state index >= 15 is 0 Å². The molecule has 0 spiro atoms. The van der Waals surface area contributed by atoms with E-state index in [1.807, 2.05) is 41.1 Å². The topological polar surface area (TPSA) is 65.2 Å². The Morgan fingerprint density at radius 2 is 2.13 bits per heavy atom. The van der Waals surface area contributed by atoms with Crippen LogP contribution in [0.1, 0.15) is 11.5 Å². The molecular formula is C16H11BrN2O3S. The van der Waals surface area contributed by atoms with Crippen LogP contribution in [-0.4, -0.2) is 16.1 Å². The van der Waals surface area contributed by atoms with Crippen LogP contribution in [0.25, 0.3) is 17.5 Å².